The monoisotopic (exact) mass is 867 g/mol. The molecule has 3 aromatic rings. The number of carbonyl (C=O) groups is 7. The van der Waals surface area contributed by atoms with Gasteiger partial charge in [0.15, 0.2) is 0 Å². The summed E-state index contributed by atoms with van der Waals surface area (Å²) in [4.78, 5) is 106. The van der Waals surface area contributed by atoms with E-state index in [2.05, 4.69) is 16.0 Å². The largest absolute Gasteiger partial charge is 0.508 e. The fraction of sp³-hybridized carbons (Fsp3) is 0.479. The van der Waals surface area contributed by atoms with E-state index >= 15 is 0 Å². The van der Waals surface area contributed by atoms with Gasteiger partial charge in [-0.2, -0.15) is 0 Å². The highest BCUT2D eigenvalue weighted by Gasteiger charge is 2.40. The molecule has 7 atom stereocenters. The predicted octanol–water partition coefficient (Wildman–Crippen LogP) is 2.94. The summed E-state index contributed by atoms with van der Waals surface area (Å²) in [6, 6.07) is 17.5. The number of carbonyl (C=O) groups excluding carboxylic acids is 7. The molecule has 3 aromatic carbocycles. The molecule has 1 fully saturated rings. The number of amides is 7. The Bertz CT molecular complexity index is 2050. The quantitative estimate of drug-likeness (QED) is 0.240. The van der Waals surface area contributed by atoms with E-state index in [0.717, 1.165) is 11.1 Å². The van der Waals surface area contributed by atoms with E-state index < -0.39 is 90.1 Å². The third-order valence-electron chi connectivity index (χ3n) is 11.9. The fourth-order valence-electron chi connectivity index (χ4n) is 7.69. The summed E-state index contributed by atoms with van der Waals surface area (Å²) in [6.07, 6.45) is 0.811. The first-order valence-corrected chi connectivity index (χ1v) is 21.6. The van der Waals surface area contributed by atoms with Gasteiger partial charge in [0.1, 0.15) is 42.0 Å². The average molecular weight is 868 g/mol. The lowest BCUT2D eigenvalue weighted by Crippen LogP contribution is -2.61. The molecule has 0 aromatic heterocycles. The predicted molar refractivity (Wildman–Crippen MR) is 240 cm³/mol. The first kappa shape index (κ1) is 49.4. The molecule has 340 valence electrons. The second-order valence-corrected chi connectivity index (χ2v) is 17.2. The Hall–Kier alpha value is -6.25. The Kier molecular flexibility index (Phi) is 17.8. The zero-order valence-corrected chi connectivity index (χ0v) is 38.0. The van der Waals surface area contributed by atoms with Crippen molar-refractivity contribution in [1.82, 2.24) is 35.6 Å². The molecular formula is C48H65N7O8. The first-order valence-electron chi connectivity index (χ1n) is 21.6. The number of likely N-dealkylation sites (N-methyl/N-ethyl adjacent to an activating group) is 4. The number of hydrogen-bond donors (Lipinski definition) is 4. The Morgan fingerprint density at radius 2 is 1.10 bits per heavy atom. The maximum absolute atomic E-state index is 14.6. The van der Waals surface area contributed by atoms with Crippen LogP contribution in [0.1, 0.15) is 64.2 Å². The van der Waals surface area contributed by atoms with Crippen LogP contribution in [0, 0.1) is 11.8 Å². The molecular weight excluding hydrogens is 803 g/mol. The van der Waals surface area contributed by atoms with Gasteiger partial charge in [-0.15, -0.1) is 0 Å². The molecule has 4 rings (SSSR count). The molecule has 7 amide bonds. The van der Waals surface area contributed by atoms with Gasteiger partial charge in [-0.25, -0.2) is 0 Å². The standard InChI is InChI=1S/C48H65N7O8/c1-10-31(4)42-44(59)50-37(25-30(2)3)46(61)55(9)40(28-34-19-15-12-16-20-34)48(63)53(7)32(5)45(60)52(6)29-41(57)49-38(26-33-17-13-11-14-18-33)47(62)54(8)39(43(58)51-42)27-35-21-23-36(56)24-22-35/h11-24,30-32,37-40,42,56H,10,25-29H2,1-9H3,(H,49,57)(H,50,59)(H,51,58)/t31-,32-,37-,38-,39-,40+,42-/m0/s1. The van der Waals surface area contributed by atoms with E-state index in [1.54, 1.807) is 43.3 Å². The highest BCUT2D eigenvalue weighted by molar-refractivity contribution is 5.98. The van der Waals surface area contributed by atoms with Crippen LogP contribution in [0.3, 0.4) is 0 Å². The number of nitrogens with zero attached hydrogens (tertiary/aromatic N) is 4. The van der Waals surface area contributed by atoms with Crippen molar-refractivity contribution in [2.75, 3.05) is 34.7 Å². The van der Waals surface area contributed by atoms with Crippen molar-refractivity contribution in [3.05, 3.63) is 102 Å². The van der Waals surface area contributed by atoms with Crippen LogP contribution in [0.4, 0.5) is 0 Å². The molecule has 63 heavy (non-hydrogen) atoms. The Morgan fingerprint density at radius 3 is 1.65 bits per heavy atom. The van der Waals surface area contributed by atoms with Crippen LogP contribution in [0.2, 0.25) is 0 Å². The lowest BCUT2D eigenvalue weighted by molar-refractivity contribution is -0.150. The van der Waals surface area contributed by atoms with Gasteiger partial charge in [0, 0.05) is 47.5 Å². The Morgan fingerprint density at radius 1 is 0.587 bits per heavy atom. The number of phenols is 1. The third kappa shape index (κ3) is 13.4. The van der Waals surface area contributed by atoms with Crippen molar-refractivity contribution in [3.8, 4) is 5.75 Å². The second kappa shape index (κ2) is 22.7. The first-order chi connectivity index (χ1) is 29.8. The maximum atomic E-state index is 14.6. The summed E-state index contributed by atoms with van der Waals surface area (Å²) in [6.45, 7) is 8.56. The summed E-state index contributed by atoms with van der Waals surface area (Å²) in [5.74, 6) is -4.66. The van der Waals surface area contributed by atoms with Crippen molar-refractivity contribution in [2.24, 2.45) is 11.8 Å². The van der Waals surface area contributed by atoms with Crippen LogP contribution in [0.25, 0.3) is 0 Å². The van der Waals surface area contributed by atoms with Crippen LogP contribution in [0.15, 0.2) is 84.9 Å². The van der Waals surface area contributed by atoms with Gasteiger partial charge < -0.3 is 40.7 Å². The summed E-state index contributed by atoms with van der Waals surface area (Å²) < 4.78 is 0. The van der Waals surface area contributed by atoms with Crippen molar-refractivity contribution in [3.63, 3.8) is 0 Å². The van der Waals surface area contributed by atoms with Crippen molar-refractivity contribution in [2.45, 2.75) is 103 Å². The van der Waals surface area contributed by atoms with E-state index in [0.29, 0.717) is 12.0 Å². The molecule has 15 heteroatoms. The van der Waals surface area contributed by atoms with Gasteiger partial charge in [0.2, 0.25) is 41.4 Å². The summed E-state index contributed by atoms with van der Waals surface area (Å²) in [7, 11) is 5.85. The molecule has 1 aliphatic heterocycles. The molecule has 0 unspecified atom stereocenters. The normalized spacial score (nSPS) is 23.6. The lowest BCUT2D eigenvalue weighted by atomic mass is 9.95. The minimum absolute atomic E-state index is 0.00933. The summed E-state index contributed by atoms with van der Waals surface area (Å²) in [5, 5.41) is 18.6. The van der Waals surface area contributed by atoms with Crippen molar-refractivity contribution in [1.29, 1.82) is 0 Å². The third-order valence-corrected chi connectivity index (χ3v) is 11.9. The van der Waals surface area contributed by atoms with Crippen LogP contribution >= 0.6 is 0 Å². The number of phenolic OH excluding ortho intramolecular Hbond substituents is 1. The number of aromatic hydroxyl groups is 1. The summed E-state index contributed by atoms with van der Waals surface area (Å²) in [5.41, 5.74) is 2.09. The molecule has 0 bridgehead atoms. The second-order valence-electron chi connectivity index (χ2n) is 17.2. The summed E-state index contributed by atoms with van der Waals surface area (Å²) >= 11 is 0. The maximum Gasteiger partial charge on any atom is 0.246 e. The van der Waals surface area contributed by atoms with E-state index in [-0.39, 0.29) is 37.4 Å². The van der Waals surface area contributed by atoms with Gasteiger partial charge in [0.25, 0.3) is 0 Å². The molecule has 0 aliphatic carbocycles. The van der Waals surface area contributed by atoms with Gasteiger partial charge in [-0.1, -0.05) is 107 Å². The van der Waals surface area contributed by atoms with Gasteiger partial charge >= 0.3 is 0 Å². The highest BCUT2D eigenvalue weighted by atomic mass is 16.3. The SMILES string of the molecule is CC[C@H](C)[C@@H]1NC(=O)[C@H](Cc2ccc(O)cc2)N(C)C(=O)[C@H](Cc2ccccc2)NC(=O)CN(C)C(=O)[C@H](C)N(C)C(=O)[C@@H](Cc2ccccc2)N(C)C(=O)[C@H](CC(C)C)NC1=O. The highest BCUT2D eigenvalue weighted by Crippen LogP contribution is 2.20. The van der Waals surface area contributed by atoms with Crippen molar-refractivity contribution >= 4 is 41.4 Å². The molecule has 15 nitrogen and oxygen atoms in total. The number of hydrogen-bond acceptors (Lipinski definition) is 8. The van der Waals surface area contributed by atoms with Crippen molar-refractivity contribution < 1.29 is 38.7 Å². The topological polar surface area (TPSA) is 189 Å². The molecule has 1 saturated heterocycles. The van der Waals surface area contributed by atoms with Crippen LogP contribution in [-0.4, -0.2) is 137 Å². The van der Waals surface area contributed by atoms with Crippen LogP contribution < -0.4 is 16.0 Å². The lowest BCUT2D eigenvalue weighted by Gasteiger charge is -2.36. The smallest absolute Gasteiger partial charge is 0.246 e. The van der Waals surface area contributed by atoms with Crippen LogP contribution in [0.5, 0.6) is 5.75 Å². The fourth-order valence-corrected chi connectivity index (χ4v) is 7.69. The molecule has 0 saturated carbocycles. The van der Waals surface area contributed by atoms with Gasteiger partial charge in [-0.3, -0.25) is 33.6 Å². The minimum Gasteiger partial charge on any atom is -0.508 e. The zero-order valence-electron chi connectivity index (χ0n) is 38.0. The van der Waals surface area contributed by atoms with Gasteiger partial charge in [0.05, 0.1) is 6.54 Å². The van der Waals surface area contributed by atoms with E-state index in [4.69, 9.17) is 0 Å². The van der Waals surface area contributed by atoms with Crippen LogP contribution in [-0.2, 0) is 52.8 Å². The number of rotatable bonds is 10. The molecule has 0 radical (unpaired) electrons. The number of benzene rings is 3. The Balaban J connectivity index is 1.86. The Labute approximate surface area is 371 Å². The van der Waals surface area contributed by atoms with E-state index in [1.165, 1.54) is 66.8 Å². The van der Waals surface area contributed by atoms with E-state index in [9.17, 15) is 38.7 Å². The number of nitrogens with one attached hydrogen (secondary N) is 3. The molecule has 0 spiro atoms. The zero-order chi connectivity index (χ0) is 46.5. The molecule has 1 aliphatic rings. The minimum atomic E-state index is -1.21. The van der Waals surface area contributed by atoms with Gasteiger partial charge in [-0.05, 0) is 54.0 Å². The average Bonchev–Trinajstić information content (AvgIpc) is 3.27. The van der Waals surface area contributed by atoms with E-state index in [1.807, 2.05) is 57.2 Å². The molecule has 4 N–H and O–H groups in total. The molecule has 1 heterocycles.